The first-order valence-corrected chi connectivity index (χ1v) is 7.22. The maximum atomic E-state index is 12.5. The zero-order chi connectivity index (χ0) is 14.9. The second-order valence-electron chi connectivity index (χ2n) is 6.25. The minimum Gasteiger partial charge on any atom is -0.481 e. The highest BCUT2D eigenvalue weighted by atomic mass is 16.4. The maximum absolute atomic E-state index is 12.5. The summed E-state index contributed by atoms with van der Waals surface area (Å²) in [5.41, 5.74) is 0. The summed E-state index contributed by atoms with van der Waals surface area (Å²) in [6.07, 6.45) is 5.72. The van der Waals surface area contributed by atoms with E-state index in [1.54, 1.807) is 11.9 Å². The van der Waals surface area contributed by atoms with Crippen LogP contribution in [0.15, 0.2) is 12.2 Å². The lowest BCUT2D eigenvalue weighted by atomic mass is 9.82. The van der Waals surface area contributed by atoms with Crippen molar-refractivity contribution in [1.29, 1.82) is 0 Å². The van der Waals surface area contributed by atoms with Crippen LogP contribution < -0.4 is 0 Å². The van der Waals surface area contributed by atoms with Gasteiger partial charge in [-0.2, -0.15) is 0 Å². The van der Waals surface area contributed by atoms with E-state index < -0.39 is 11.9 Å². The Morgan fingerprint density at radius 3 is 2.25 bits per heavy atom. The van der Waals surface area contributed by atoms with Crippen molar-refractivity contribution < 1.29 is 14.7 Å². The summed E-state index contributed by atoms with van der Waals surface area (Å²) in [6, 6.07) is 0. The van der Waals surface area contributed by atoms with Gasteiger partial charge >= 0.3 is 5.97 Å². The molecule has 2 unspecified atom stereocenters. The molecule has 1 amide bonds. The molecule has 0 heterocycles. The van der Waals surface area contributed by atoms with Crippen LogP contribution in [-0.2, 0) is 9.59 Å². The van der Waals surface area contributed by atoms with E-state index in [2.05, 4.69) is 4.90 Å². The molecule has 2 aliphatic carbocycles. The van der Waals surface area contributed by atoms with Crippen molar-refractivity contribution in [2.24, 2.45) is 23.7 Å². The average Bonchev–Trinajstić information content (AvgIpc) is 2.96. The molecule has 1 N–H and O–H groups in total. The minimum atomic E-state index is -0.832. The summed E-state index contributed by atoms with van der Waals surface area (Å²) in [4.78, 5) is 27.8. The maximum Gasteiger partial charge on any atom is 0.307 e. The van der Waals surface area contributed by atoms with Crippen LogP contribution >= 0.6 is 0 Å². The molecular weight excluding hydrogens is 256 g/mol. The predicted octanol–water partition coefficient (Wildman–Crippen LogP) is 0.919. The van der Waals surface area contributed by atoms with Gasteiger partial charge in [0.05, 0.1) is 11.8 Å². The third-order valence-corrected chi connectivity index (χ3v) is 4.50. The topological polar surface area (TPSA) is 60.9 Å². The number of carboxylic acids is 1. The lowest BCUT2D eigenvalue weighted by molar-refractivity contribution is -0.150. The molecule has 5 heteroatoms. The van der Waals surface area contributed by atoms with Crippen molar-refractivity contribution in [1.82, 2.24) is 9.80 Å². The van der Waals surface area contributed by atoms with Crippen molar-refractivity contribution in [3.8, 4) is 0 Å². The van der Waals surface area contributed by atoms with Crippen molar-refractivity contribution in [2.45, 2.75) is 12.8 Å². The van der Waals surface area contributed by atoms with Crippen LogP contribution in [0.3, 0.4) is 0 Å². The zero-order valence-corrected chi connectivity index (χ0v) is 12.5. The molecular formula is C15H24N2O3. The fourth-order valence-corrected chi connectivity index (χ4v) is 3.48. The number of rotatable bonds is 6. The second-order valence-corrected chi connectivity index (χ2v) is 6.25. The number of carbonyl (C=O) groups excluding carboxylic acids is 1. The molecule has 0 spiro atoms. The number of aliphatic carboxylic acids is 1. The van der Waals surface area contributed by atoms with E-state index in [-0.39, 0.29) is 23.7 Å². The average molecular weight is 280 g/mol. The van der Waals surface area contributed by atoms with Gasteiger partial charge in [-0.15, -0.1) is 0 Å². The molecule has 1 saturated carbocycles. The first kappa shape index (κ1) is 15.0. The number of hydrogen-bond acceptors (Lipinski definition) is 3. The van der Waals surface area contributed by atoms with Gasteiger partial charge in [0.2, 0.25) is 5.91 Å². The molecule has 20 heavy (non-hydrogen) atoms. The highest BCUT2D eigenvalue weighted by molar-refractivity contribution is 5.86. The lowest BCUT2D eigenvalue weighted by Gasteiger charge is -2.28. The van der Waals surface area contributed by atoms with Gasteiger partial charge in [0, 0.05) is 13.6 Å². The number of fused-ring (bicyclic) bond motifs is 2. The standard InChI is InChI=1S/C15H24N2O3/c1-16(2)7-4-8-17(3)14(18)12-10-5-6-11(9-10)13(12)15(19)20/h5-6,10-13H,4,7-9H2,1-3H3,(H,19,20)/t10?,11?,12-,13+/m0/s1. The van der Waals surface area contributed by atoms with Crippen molar-refractivity contribution in [3.05, 3.63) is 12.2 Å². The first-order valence-electron chi connectivity index (χ1n) is 7.22. The summed E-state index contributed by atoms with van der Waals surface area (Å²) in [7, 11) is 5.79. The van der Waals surface area contributed by atoms with E-state index in [1.807, 2.05) is 26.2 Å². The third kappa shape index (κ3) is 2.87. The number of carboxylic acid groups (broad SMARTS) is 1. The highest BCUT2D eigenvalue weighted by Gasteiger charge is 2.52. The van der Waals surface area contributed by atoms with Gasteiger partial charge in [-0.25, -0.2) is 0 Å². The number of amides is 1. The van der Waals surface area contributed by atoms with Gasteiger partial charge in [0.1, 0.15) is 0 Å². The van der Waals surface area contributed by atoms with Crippen molar-refractivity contribution in [2.75, 3.05) is 34.2 Å². The van der Waals surface area contributed by atoms with E-state index in [1.165, 1.54) is 0 Å². The van der Waals surface area contributed by atoms with E-state index in [0.29, 0.717) is 6.54 Å². The molecule has 2 aliphatic rings. The normalized spacial score (nSPS) is 31.0. The van der Waals surface area contributed by atoms with Crippen LogP contribution in [0.25, 0.3) is 0 Å². The third-order valence-electron chi connectivity index (χ3n) is 4.50. The Labute approximate surface area is 120 Å². The number of hydrogen-bond donors (Lipinski definition) is 1. The van der Waals surface area contributed by atoms with Gasteiger partial charge in [0.25, 0.3) is 0 Å². The second kappa shape index (κ2) is 5.95. The molecule has 1 fully saturated rings. The van der Waals surface area contributed by atoms with Gasteiger partial charge in [-0.3, -0.25) is 9.59 Å². The van der Waals surface area contributed by atoms with Gasteiger partial charge < -0.3 is 14.9 Å². The molecule has 0 aromatic carbocycles. The fraction of sp³-hybridized carbons (Fsp3) is 0.733. The summed E-state index contributed by atoms with van der Waals surface area (Å²) >= 11 is 0. The van der Waals surface area contributed by atoms with Crippen molar-refractivity contribution in [3.63, 3.8) is 0 Å². The lowest BCUT2D eigenvalue weighted by Crippen LogP contribution is -2.41. The predicted molar refractivity (Wildman–Crippen MR) is 76.2 cm³/mol. The highest BCUT2D eigenvalue weighted by Crippen LogP contribution is 2.48. The molecule has 2 bridgehead atoms. The van der Waals surface area contributed by atoms with E-state index in [4.69, 9.17) is 0 Å². The smallest absolute Gasteiger partial charge is 0.307 e. The molecule has 112 valence electrons. The van der Waals surface area contributed by atoms with E-state index in [0.717, 1.165) is 19.4 Å². The molecule has 0 saturated heterocycles. The Balaban J connectivity index is 1.97. The monoisotopic (exact) mass is 280 g/mol. The van der Waals surface area contributed by atoms with Crippen LogP contribution in [0, 0.1) is 23.7 Å². The van der Waals surface area contributed by atoms with Crippen LogP contribution in [0.5, 0.6) is 0 Å². The van der Waals surface area contributed by atoms with Crippen LogP contribution in [0.1, 0.15) is 12.8 Å². The molecule has 4 atom stereocenters. The number of carbonyl (C=O) groups is 2. The number of nitrogens with zero attached hydrogens (tertiary/aromatic N) is 2. The Hall–Kier alpha value is -1.36. The molecule has 0 aromatic heterocycles. The summed E-state index contributed by atoms with van der Waals surface area (Å²) < 4.78 is 0. The quantitative estimate of drug-likeness (QED) is 0.735. The largest absolute Gasteiger partial charge is 0.481 e. The Bertz CT molecular complexity index is 419. The summed E-state index contributed by atoms with van der Waals surface area (Å²) in [6.45, 7) is 1.61. The fourth-order valence-electron chi connectivity index (χ4n) is 3.48. The molecule has 0 aromatic rings. The Morgan fingerprint density at radius 2 is 1.70 bits per heavy atom. The Kier molecular flexibility index (Phi) is 4.48. The summed E-state index contributed by atoms with van der Waals surface area (Å²) in [5, 5.41) is 9.37. The van der Waals surface area contributed by atoms with E-state index >= 15 is 0 Å². The minimum absolute atomic E-state index is 0.00648. The van der Waals surface area contributed by atoms with Gasteiger partial charge in [-0.1, -0.05) is 12.2 Å². The zero-order valence-electron chi connectivity index (χ0n) is 12.5. The van der Waals surface area contributed by atoms with Crippen LogP contribution in [0.2, 0.25) is 0 Å². The molecule has 0 radical (unpaired) electrons. The van der Waals surface area contributed by atoms with Crippen LogP contribution in [0.4, 0.5) is 0 Å². The first-order chi connectivity index (χ1) is 9.41. The number of allylic oxidation sites excluding steroid dienone is 2. The Morgan fingerprint density at radius 1 is 1.10 bits per heavy atom. The van der Waals surface area contributed by atoms with Gasteiger partial charge in [-0.05, 0) is 45.3 Å². The van der Waals surface area contributed by atoms with E-state index in [9.17, 15) is 14.7 Å². The van der Waals surface area contributed by atoms with Crippen molar-refractivity contribution >= 4 is 11.9 Å². The van der Waals surface area contributed by atoms with Crippen LogP contribution in [-0.4, -0.2) is 61.0 Å². The summed E-state index contributed by atoms with van der Waals surface area (Å²) in [5.74, 6) is -1.58. The molecule has 5 nitrogen and oxygen atoms in total. The molecule has 2 rings (SSSR count). The molecule has 0 aliphatic heterocycles. The SMILES string of the molecule is CN(C)CCCN(C)C(=O)[C@H]1C2C=CC(C2)[C@H]1C(=O)O. The van der Waals surface area contributed by atoms with Gasteiger partial charge in [0.15, 0.2) is 0 Å².